The molecule has 2 rings (SSSR count). The first-order valence-corrected chi connectivity index (χ1v) is 6.05. The molecule has 1 aliphatic carbocycles. The molecule has 0 saturated heterocycles. The van der Waals surface area contributed by atoms with Crippen LogP contribution in [0.25, 0.3) is 0 Å². The van der Waals surface area contributed by atoms with Gasteiger partial charge in [0, 0.05) is 0 Å². The van der Waals surface area contributed by atoms with Crippen LogP contribution < -0.4 is 4.74 Å². The maximum atomic E-state index is 11.3. The quantitative estimate of drug-likeness (QED) is 0.713. The van der Waals surface area contributed by atoms with Crippen LogP contribution in [-0.4, -0.2) is 24.2 Å². The zero-order valence-corrected chi connectivity index (χ0v) is 9.98. The van der Waals surface area contributed by atoms with Gasteiger partial charge >= 0.3 is 12.0 Å². The summed E-state index contributed by atoms with van der Waals surface area (Å²) in [5, 5.41) is 0. The third-order valence-electron chi connectivity index (χ3n) is 2.94. The molecule has 0 aliphatic heterocycles. The van der Waals surface area contributed by atoms with Gasteiger partial charge < -0.3 is 13.9 Å². The van der Waals surface area contributed by atoms with E-state index in [1.54, 1.807) is 6.92 Å². The summed E-state index contributed by atoms with van der Waals surface area (Å²) >= 11 is 0. The molecule has 0 atom stereocenters. The molecule has 17 heavy (non-hydrogen) atoms. The predicted molar refractivity (Wildman–Crippen MR) is 59.9 cm³/mol. The average Bonchev–Trinajstić information content (AvgIpc) is 2.71. The van der Waals surface area contributed by atoms with E-state index in [-0.39, 0.29) is 11.8 Å². The maximum Gasteiger partial charge on any atom is 0.394 e. The Hall–Kier alpha value is -1.52. The summed E-state index contributed by atoms with van der Waals surface area (Å²) in [6.07, 6.45) is 6.35. The van der Waals surface area contributed by atoms with Crippen LogP contribution in [0.15, 0.2) is 10.7 Å². The largest absolute Gasteiger partial charge is 0.461 e. The van der Waals surface area contributed by atoms with Crippen LogP contribution in [0.1, 0.15) is 43.1 Å². The highest BCUT2D eigenvalue weighted by atomic mass is 16.6. The lowest BCUT2D eigenvalue weighted by Crippen LogP contribution is -2.14. The van der Waals surface area contributed by atoms with Crippen LogP contribution >= 0.6 is 0 Å². The minimum atomic E-state index is -0.481. The molecule has 1 aromatic heterocycles. The predicted octanol–water partition coefficient (Wildman–Crippen LogP) is 2.42. The van der Waals surface area contributed by atoms with E-state index >= 15 is 0 Å². The normalized spacial score (nSPS) is 15.4. The van der Waals surface area contributed by atoms with Crippen molar-refractivity contribution in [3.05, 3.63) is 12.0 Å². The van der Waals surface area contributed by atoms with E-state index in [1.165, 1.54) is 25.5 Å². The van der Waals surface area contributed by atoms with E-state index in [0.717, 1.165) is 12.3 Å². The van der Waals surface area contributed by atoms with Gasteiger partial charge in [-0.3, -0.25) is 0 Å². The highest BCUT2D eigenvalue weighted by Crippen LogP contribution is 2.29. The number of oxazole rings is 1. The highest BCUT2D eigenvalue weighted by Gasteiger charge is 2.18. The topological polar surface area (TPSA) is 61.6 Å². The average molecular weight is 239 g/mol. The van der Waals surface area contributed by atoms with Gasteiger partial charge in [-0.15, -0.1) is 0 Å². The van der Waals surface area contributed by atoms with E-state index in [1.807, 2.05) is 0 Å². The highest BCUT2D eigenvalue weighted by molar-refractivity contribution is 5.86. The summed E-state index contributed by atoms with van der Waals surface area (Å²) < 4.78 is 15.2. The van der Waals surface area contributed by atoms with Crippen molar-refractivity contribution in [2.45, 2.75) is 32.6 Å². The zero-order valence-electron chi connectivity index (χ0n) is 9.98. The van der Waals surface area contributed by atoms with Crippen LogP contribution in [-0.2, 0) is 4.74 Å². The minimum absolute atomic E-state index is 0.146. The fourth-order valence-corrected chi connectivity index (χ4v) is 1.72. The summed E-state index contributed by atoms with van der Waals surface area (Å²) in [5.41, 5.74) is 0.158. The van der Waals surface area contributed by atoms with Crippen molar-refractivity contribution in [1.29, 1.82) is 0 Å². The Morgan fingerprint density at radius 1 is 1.59 bits per heavy atom. The van der Waals surface area contributed by atoms with Crippen molar-refractivity contribution in [1.82, 2.24) is 4.98 Å². The van der Waals surface area contributed by atoms with Gasteiger partial charge in [-0.25, -0.2) is 4.79 Å². The maximum absolute atomic E-state index is 11.3. The summed E-state index contributed by atoms with van der Waals surface area (Å²) in [4.78, 5) is 15.2. The SMILES string of the molecule is CCOC(=O)c1coc(OCCC2CCC2)n1. The molecule has 0 bridgehead atoms. The Balaban J connectivity index is 1.75. The van der Waals surface area contributed by atoms with Crippen LogP contribution in [0.4, 0.5) is 0 Å². The number of esters is 1. The van der Waals surface area contributed by atoms with Gasteiger partial charge in [-0.2, -0.15) is 4.98 Å². The van der Waals surface area contributed by atoms with Crippen molar-refractivity contribution in [2.75, 3.05) is 13.2 Å². The van der Waals surface area contributed by atoms with Gasteiger partial charge in [-0.1, -0.05) is 19.3 Å². The van der Waals surface area contributed by atoms with Gasteiger partial charge in [-0.05, 0) is 19.3 Å². The number of aromatic nitrogens is 1. The van der Waals surface area contributed by atoms with Gasteiger partial charge in [0.25, 0.3) is 0 Å². The van der Waals surface area contributed by atoms with Crippen LogP contribution in [0.3, 0.4) is 0 Å². The number of hydrogen-bond donors (Lipinski definition) is 0. The standard InChI is InChI=1S/C12H17NO4/c1-2-15-11(14)10-8-17-12(13-10)16-7-6-9-4-3-5-9/h8-9H,2-7H2,1H3. The van der Waals surface area contributed by atoms with Gasteiger partial charge in [0.05, 0.1) is 13.2 Å². The number of carbonyl (C=O) groups excluding carboxylic acids is 1. The van der Waals surface area contributed by atoms with Gasteiger partial charge in [0.15, 0.2) is 5.69 Å². The Morgan fingerprint density at radius 2 is 2.41 bits per heavy atom. The second-order valence-electron chi connectivity index (χ2n) is 4.15. The smallest absolute Gasteiger partial charge is 0.394 e. The lowest BCUT2D eigenvalue weighted by atomic mass is 9.83. The number of rotatable bonds is 6. The number of hydrogen-bond acceptors (Lipinski definition) is 5. The molecule has 94 valence electrons. The first-order chi connectivity index (χ1) is 8.29. The summed E-state index contributed by atoms with van der Waals surface area (Å²) in [5.74, 6) is 0.305. The minimum Gasteiger partial charge on any atom is -0.461 e. The van der Waals surface area contributed by atoms with Gasteiger partial charge in [0.2, 0.25) is 0 Å². The van der Waals surface area contributed by atoms with E-state index in [0.29, 0.717) is 13.2 Å². The molecule has 1 saturated carbocycles. The number of carbonyl (C=O) groups is 1. The van der Waals surface area contributed by atoms with E-state index in [2.05, 4.69) is 4.98 Å². The first kappa shape index (κ1) is 12.0. The summed E-state index contributed by atoms with van der Waals surface area (Å²) in [7, 11) is 0. The molecule has 1 fully saturated rings. The lowest BCUT2D eigenvalue weighted by molar-refractivity contribution is 0.0519. The Kier molecular flexibility index (Phi) is 4.01. The summed E-state index contributed by atoms with van der Waals surface area (Å²) in [6.45, 7) is 2.66. The lowest BCUT2D eigenvalue weighted by Gasteiger charge is -2.24. The third kappa shape index (κ3) is 3.22. The molecule has 0 spiro atoms. The molecule has 0 aromatic carbocycles. The number of nitrogens with zero attached hydrogens (tertiary/aromatic N) is 1. The molecule has 0 radical (unpaired) electrons. The summed E-state index contributed by atoms with van der Waals surface area (Å²) in [6, 6.07) is 0. The van der Waals surface area contributed by atoms with E-state index in [9.17, 15) is 4.79 Å². The number of ether oxygens (including phenoxy) is 2. The fourth-order valence-electron chi connectivity index (χ4n) is 1.72. The molecule has 5 heteroatoms. The molecule has 0 amide bonds. The fraction of sp³-hybridized carbons (Fsp3) is 0.667. The first-order valence-electron chi connectivity index (χ1n) is 6.05. The van der Waals surface area contributed by atoms with Crippen molar-refractivity contribution in [2.24, 2.45) is 5.92 Å². The molecule has 0 N–H and O–H groups in total. The molecule has 1 aliphatic rings. The molecule has 0 unspecified atom stereocenters. The van der Waals surface area contributed by atoms with Crippen LogP contribution in [0.5, 0.6) is 6.08 Å². The van der Waals surface area contributed by atoms with Crippen LogP contribution in [0, 0.1) is 5.92 Å². The Labute approximate surface area is 100 Å². The van der Waals surface area contributed by atoms with Crippen molar-refractivity contribution in [3.63, 3.8) is 0 Å². The molecular weight excluding hydrogens is 222 g/mol. The molecule has 1 heterocycles. The van der Waals surface area contributed by atoms with Crippen LogP contribution in [0.2, 0.25) is 0 Å². The Bertz CT molecular complexity index is 370. The Morgan fingerprint density at radius 3 is 3.06 bits per heavy atom. The second-order valence-corrected chi connectivity index (χ2v) is 4.15. The molecular formula is C12H17NO4. The monoisotopic (exact) mass is 239 g/mol. The third-order valence-corrected chi connectivity index (χ3v) is 2.94. The van der Waals surface area contributed by atoms with E-state index < -0.39 is 5.97 Å². The van der Waals surface area contributed by atoms with Crippen molar-refractivity contribution >= 4 is 5.97 Å². The molecule has 1 aromatic rings. The molecule has 5 nitrogen and oxygen atoms in total. The zero-order chi connectivity index (χ0) is 12.1. The van der Waals surface area contributed by atoms with Crippen molar-refractivity contribution in [3.8, 4) is 6.08 Å². The second kappa shape index (κ2) is 5.70. The van der Waals surface area contributed by atoms with Gasteiger partial charge in [0.1, 0.15) is 6.26 Å². The van der Waals surface area contributed by atoms with E-state index in [4.69, 9.17) is 13.9 Å². The van der Waals surface area contributed by atoms with Crippen molar-refractivity contribution < 1.29 is 18.7 Å².